The van der Waals surface area contributed by atoms with Gasteiger partial charge in [0.05, 0.1) is 11.0 Å². The van der Waals surface area contributed by atoms with Crippen molar-refractivity contribution in [3.8, 4) is 0 Å². The maximum atomic E-state index is 13.3. The number of imidazole rings is 1. The molecule has 0 unspecified atom stereocenters. The van der Waals surface area contributed by atoms with E-state index in [-0.39, 0.29) is 5.82 Å². The topological polar surface area (TPSA) is 24.0 Å². The van der Waals surface area contributed by atoms with Crippen molar-refractivity contribution >= 4 is 23.3 Å². The molecule has 0 aliphatic carbocycles. The summed E-state index contributed by atoms with van der Waals surface area (Å²) in [5.74, 6) is -0.223. The highest BCUT2D eigenvalue weighted by atomic mass is 32.1. The van der Waals surface area contributed by atoms with E-state index in [9.17, 15) is 4.39 Å². The summed E-state index contributed by atoms with van der Waals surface area (Å²) in [6.45, 7) is 5.63. The van der Waals surface area contributed by atoms with E-state index in [4.69, 9.17) is 12.2 Å². The minimum atomic E-state index is -0.223. The Morgan fingerprint density at radius 2 is 2.10 bits per heavy atom. The number of nitrogens with one attached hydrogen (secondary N) is 1. The van der Waals surface area contributed by atoms with Gasteiger partial charge in [-0.25, -0.2) is 4.39 Å². The van der Waals surface area contributed by atoms with Crippen molar-refractivity contribution < 1.29 is 4.39 Å². The highest BCUT2D eigenvalue weighted by molar-refractivity contribution is 7.71. The molecule has 0 atom stereocenters. The largest absolute Gasteiger partial charge is 0.330 e. The number of aromatic amines is 1. The number of likely N-dealkylation sites (tertiary alicyclic amines) is 1. The average molecular weight is 293 g/mol. The molecule has 1 saturated heterocycles. The zero-order valence-corrected chi connectivity index (χ0v) is 12.5. The zero-order chi connectivity index (χ0) is 14.1. The van der Waals surface area contributed by atoms with Gasteiger partial charge >= 0.3 is 0 Å². The van der Waals surface area contributed by atoms with Crippen LogP contribution in [0.15, 0.2) is 18.2 Å². The maximum Gasteiger partial charge on any atom is 0.178 e. The van der Waals surface area contributed by atoms with Gasteiger partial charge in [0.1, 0.15) is 5.82 Å². The summed E-state index contributed by atoms with van der Waals surface area (Å²) in [4.78, 5) is 5.63. The minimum Gasteiger partial charge on any atom is -0.330 e. The molecule has 1 fully saturated rings. The smallest absolute Gasteiger partial charge is 0.178 e. The van der Waals surface area contributed by atoms with Crippen molar-refractivity contribution in [1.82, 2.24) is 14.5 Å². The molecule has 0 bridgehead atoms. The number of rotatable bonds is 3. The van der Waals surface area contributed by atoms with Crippen LogP contribution in [0.2, 0.25) is 0 Å². The number of nitrogens with zero attached hydrogens (tertiary/aromatic N) is 2. The van der Waals surface area contributed by atoms with Gasteiger partial charge in [-0.3, -0.25) is 0 Å². The SMILES string of the molecule is CCCN1CCC(n2c(=S)[nH]c3cc(F)ccc32)CC1. The summed E-state index contributed by atoms with van der Waals surface area (Å²) in [5, 5.41) is 0. The zero-order valence-electron chi connectivity index (χ0n) is 11.7. The second-order valence-corrected chi connectivity index (χ2v) is 5.92. The average Bonchev–Trinajstić information content (AvgIpc) is 2.75. The van der Waals surface area contributed by atoms with Gasteiger partial charge in [0.2, 0.25) is 0 Å². The van der Waals surface area contributed by atoms with Crippen molar-refractivity contribution in [1.29, 1.82) is 0 Å². The molecule has 1 aliphatic rings. The molecule has 0 saturated carbocycles. The Labute approximate surface area is 123 Å². The Kier molecular flexibility index (Phi) is 3.89. The van der Waals surface area contributed by atoms with Gasteiger partial charge in [-0.1, -0.05) is 6.92 Å². The van der Waals surface area contributed by atoms with E-state index in [0.717, 1.165) is 37.0 Å². The number of benzene rings is 1. The Balaban J connectivity index is 1.88. The van der Waals surface area contributed by atoms with Gasteiger partial charge in [0.15, 0.2) is 4.77 Å². The normalized spacial score (nSPS) is 17.9. The standard InChI is InChI=1S/C15H20FN3S/c1-2-7-18-8-5-12(6-9-18)19-14-4-3-11(16)10-13(14)17-15(19)20/h3-4,10,12H,2,5-9H2,1H3,(H,17,20). The van der Waals surface area contributed by atoms with Crippen molar-refractivity contribution in [2.75, 3.05) is 19.6 Å². The molecule has 1 N–H and O–H groups in total. The van der Waals surface area contributed by atoms with Gasteiger partial charge in [0, 0.05) is 19.1 Å². The molecular weight excluding hydrogens is 273 g/mol. The van der Waals surface area contributed by atoms with E-state index in [1.807, 2.05) is 6.07 Å². The highest BCUT2D eigenvalue weighted by Crippen LogP contribution is 2.27. The molecule has 3 rings (SSSR count). The Morgan fingerprint density at radius 1 is 1.35 bits per heavy atom. The first-order chi connectivity index (χ1) is 9.69. The van der Waals surface area contributed by atoms with Gasteiger partial charge in [-0.15, -0.1) is 0 Å². The number of fused-ring (bicyclic) bond motifs is 1. The molecule has 1 aromatic heterocycles. The van der Waals surface area contributed by atoms with Crippen molar-refractivity contribution in [2.45, 2.75) is 32.2 Å². The molecule has 1 aliphatic heterocycles. The van der Waals surface area contributed by atoms with E-state index >= 15 is 0 Å². The lowest BCUT2D eigenvalue weighted by Gasteiger charge is -2.32. The highest BCUT2D eigenvalue weighted by Gasteiger charge is 2.22. The van der Waals surface area contributed by atoms with Crippen LogP contribution in [0.4, 0.5) is 4.39 Å². The van der Waals surface area contributed by atoms with Crippen molar-refractivity contribution in [3.63, 3.8) is 0 Å². The molecular formula is C15H20FN3S. The maximum absolute atomic E-state index is 13.3. The summed E-state index contributed by atoms with van der Waals surface area (Å²) in [6, 6.07) is 5.28. The first kappa shape index (κ1) is 13.8. The van der Waals surface area contributed by atoms with E-state index in [0.29, 0.717) is 10.8 Å². The second kappa shape index (κ2) is 5.66. The molecule has 2 heterocycles. The van der Waals surface area contributed by atoms with Gasteiger partial charge in [-0.2, -0.15) is 0 Å². The van der Waals surface area contributed by atoms with Crippen LogP contribution in [-0.4, -0.2) is 34.1 Å². The summed E-state index contributed by atoms with van der Waals surface area (Å²) < 4.78 is 16.2. The first-order valence-corrected chi connectivity index (χ1v) is 7.72. The third kappa shape index (κ3) is 2.52. The number of hydrogen-bond donors (Lipinski definition) is 1. The number of piperidine rings is 1. The number of hydrogen-bond acceptors (Lipinski definition) is 2. The second-order valence-electron chi connectivity index (χ2n) is 5.53. The van der Waals surface area contributed by atoms with Crippen LogP contribution in [0.1, 0.15) is 32.2 Å². The Bertz CT molecular complexity index is 653. The monoisotopic (exact) mass is 293 g/mol. The van der Waals surface area contributed by atoms with Crippen LogP contribution in [0.3, 0.4) is 0 Å². The minimum absolute atomic E-state index is 0.223. The van der Waals surface area contributed by atoms with Crippen LogP contribution >= 0.6 is 12.2 Å². The van der Waals surface area contributed by atoms with Crippen LogP contribution in [0.25, 0.3) is 11.0 Å². The Hall–Kier alpha value is -1.20. The fourth-order valence-electron chi connectivity index (χ4n) is 3.18. The molecule has 3 nitrogen and oxygen atoms in total. The number of H-pyrrole nitrogens is 1. The van der Waals surface area contributed by atoms with E-state index in [2.05, 4.69) is 21.4 Å². The van der Waals surface area contributed by atoms with E-state index in [1.54, 1.807) is 0 Å². The predicted octanol–water partition coefficient (Wildman–Crippen LogP) is 3.88. The molecule has 20 heavy (non-hydrogen) atoms. The molecule has 1 aromatic carbocycles. The van der Waals surface area contributed by atoms with Gasteiger partial charge in [-0.05, 0) is 56.2 Å². The third-order valence-corrected chi connectivity index (χ3v) is 4.44. The summed E-state index contributed by atoms with van der Waals surface area (Å²) in [6.07, 6.45) is 3.42. The van der Waals surface area contributed by atoms with Crippen LogP contribution in [0.5, 0.6) is 0 Å². The lowest BCUT2D eigenvalue weighted by molar-refractivity contribution is 0.188. The molecule has 0 spiro atoms. The third-order valence-electron chi connectivity index (χ3n) is 4.14. The summed E-state index contributed by atoms with van der Waals surface area (Å²) in [5.41, 5.74) is 1.82. The van der Waals surface area contributed by atoms with Crippen LogP contribution < -0.4 is 0 Å². The molecule has 5 heteroatoms. The van der Waals surface area contributed by atoms with Gasteiger partial charge < -0.3 is 14.5 Å². The van der Waals surface area contributed by atoms with E-state index in [1.165, 1.54) is 25.1 Å². The lowest BCUT2D eigenvalue weighted by atomic mass is 10.0. The molecule has 0 radical (unpaired) electrons. The van der Waals surface area contributed by atoms with E-state index < -0.39 is 0 Å². The van der Waals surface area contributed by atoms with Crippen molar-refractivity contribution in [2.24, 2.45) is 0 Å². The van der Waals surface area contributed by atoms with Crippen molar-refractivity contribution in [3.05, 3.63) is 28.8 Å². The van der Waals surface area contributed by atoms with Crippen LogP contribution in [-0.2, 0) is 0 Å². The number of aromatic nitrogens is 2. The number of halogens is 1. The molecule has 108 valence electrons. The lowest BCUT2D eigenvalue weighted by Crippen LogP contribution is -2.35. The summed E-state index contributed by atoms with van der Waals surface area (Å²) in [7, 11) is 0. The molecule has 0 amide bonds. The predicted molar refractivity (Wildman–Crippen MR) is 82.1 cm³/mol. The Morgan fingerprint density at radius 3 is 2.80 bits per heavy atom. The first-order valence-electron chi connectivity index (χ1n) is 7.31. The fraction of sp³-hybridized carbons (Fsp3) is 0.533. The van der Waals surface area contributed by atoms with Gasteiger partial charge in [0.25, 0.3) is 0 Å². The molecule has 2 aromatic rings. The fourth-order valence-corrected chi connectivity index (χ4v) is 3.54. The summed E-state index contributed by atoms with van der Waals surface area (Å²) >= 11 is 5.43. The van der Waals surface area contributed by atoms with Crippen LogP contribution in [0, 0.1) is 10.6 Å². The quantitative estimate of drug-likeness (QED) is 0.868.